The molecule has 0 aliphatic carbocycles. The fourth-order valence-electron chi connectivity index (χ4n) is 3.21. The standard InChI is InChI=1S/C18H16FN5O/c19-15-5-3-13(4-6-15)16-2-1-9-23(16)18(25)14-7-8-21-17(10-14)24-12-20-11-22-24/h3-8,10-12,16H,1-2,9H2. The summed E-state index contributed by atoms with van der Waals surface area (Å²) in [5, 5.41) is 4.04. The van der Waals surface area contributed by atoms with Crippen LogP contribution in [-0.4, -0.2) is 37.1 Å². The lowest BCUT2D eigenvalue weighted by molar-refractivity contribution is 0.0735. The van der Waals surface area contributed by atoms with Crippen molar-refractivity contribution in [2.24, 2.45) is 0 Å². The molecule has 0 radical (unpaired) electrons. The predicted octanol–water partition coefficient (Wildman–Crippen LogP) is 2.78. The molecule has 1 unspecified atom stereocenters. The molecule has 1 atom stereocenters. The van der Waals surface area contributed by atoms with Gasteiger partial charge < -0.3 is 4.90 Å². The second-order valence-electron chi connectivity index (χ2n) is 5.95. The molecule has 1 aliphatic rings. The van der Waals surface area contributed by atoms with E-state index in [2.05, 4.69) is 15.1 Å². The number of halogens is 1. The monoisotopic (exact) mass is 337 g/mol. The summed E-state index contributed by atoms with van der Waals surface area (Å²) < 4.78 is 14.7. The van der Waals surface area contributed by atoms with Crippen molar-refractivity contribution in [1.82, 2.24) is 24.6 Å². The van der Waals surface area contributed by atoms with Crippen molar-refractivity contribution in [2.45, 2.75) is 18.9 Å². The van der Waals surface area contributed by atoms with Crippen molar-refractivity contribution in [3.05, 3.63) is 72.2 Å². The molecule has 4 rings (SSSR count). The van der Waals surface area contributed by atoms with Crippen molar-refractivity contribution in [2.75, 3.05) is 6.54 Å². The van der Waals surface area contributed by atoms with Crippen LogP contribution < -0.4 is 0 Å². The summed E-state index contributed by atoms with van der Waals surface area (Å²) >= 11 is 0. The molecule has 1 amide bonds. The first-order chi connectivity index (χ1) is 12.2. The highest BCUT2D eigenvalue weighted by molar-refractivity contribution is 5.95. The van der Waals surface area contributed by atoms with Crippen LogP contribution in [-0.2, 0) is 0 Å². The van der Waals surface area contributed by atoms with Gasteiger partial charge in [-0.3, -0.25) is 4.79 Å². The zero-order valence-electron chi connectivity index (χ0n) is 13.4. The molecule has 0 spiro atoms. The lowest BCUT2D eigenvalue weighted by Crippen LogP contribution is -2.30. The number of nitrogens with zero attached hydrogens (tertiary/aromatic N) is 5. The maximum absolute atomic E-state index is 13.2. The van der Waals surface area contributed by atoms with Crippen LogP contribution >= 0.6 is 0 Å². The van der Waals surface area contributed by atoms with E-state index >= 15 is 0 Å². The topological polar surface area (TPSA) is 63.9 Å². The smallest absolute Gasteiger partial charge is 0.254 e. The number of hydrogen-bond donors (Lipinski definition) is 0. The van der Waals surface area contributed by atoms with Gasteiger partial charge in [0.15, 0.2) is 5.82 Å². The normalized spacial score (nSPS) is 17.0. The Morgan fingerprint density at radius 1 is 1.20 bits per heavy atom. The Kier molecular flexibility index (Phi) is 3.97. The number of pyridine rings is 1. The summed E-state index contributed by atoms with van der Waals surface area (Å²) in [4.78, 5) is 23.0. The molecule has 1 saturated heterocycles. The number of hydrogen-bond acceptors (Lipinski definition) is 4. The molecule has 0 bridgehead atoms. The number of benzene rings is 1. The summed E-state index contributed by atoms with van der Waals surface area (Å²) in [6.45, 7) is 0.682. The minimum absolute atomic E-state index is 0.0314. The summed E-state index contributed by atoms with van der Waals surface area (Å²) in [6, 6.07) is 9.74. The lowest BCUT2D eigenvalue weighted by atomic mass is 10.0. The van der Waals surface area contributed by atoms with Crippen molar-refractivity contribution < 1.29 is 9.18 Å². The van der Waals surface area contributed by atoms with E-state index in [1.807, 2.05) is 4.90 Å². The maximum atomic E-state index is 13.2. The number of rotatable bonds is 3. The number of carbonyl (C=O) groups excluding carboxylic acids is 1. The Balaban J connectivity index is 1.61. The third kappa shape index (κ3) is 3.00. The van der Waals surface area contributed by atoms with Crippen molar-refractivity contribution in [3.8, 4) is 5.82 Å². The molecule has 1 aliphatic heterocycles. The Morgan fingerprint density at radius 3 is 2.80 bits per heavy atom. The van der Waals surface area contributed by atoms with Crippen LogP contribution in [0.25, 0.3) is 5.82 Å². The quantitative estimate of drug-likeness (QED) is 0.737. The van der Waals surface area contributed by atoms with E-state index in [1.54, 1.807) is 30.5 Å². The van der Waals surface area contributed by atoms with Gasteiger partial charge in [0.2, 0.25) is 0 Å². The minimum Gasteiger partial charge on any atom is -0.332 e. The van der Waals surface area contributed by atoms with Gasteiger partial charge in [-0.05, 0) is 42.7 Å². The van der Waals surface area contributed by atoms with Crippen molar-refractivity contribution >= 4 is 5.91 Å². The molecule has 126 valence electrons. The molecule has 3 heterocycles. The first kappa shape index (κ1) is 15.4. The van der Waals surface area contributed by atoms with E-state index < -0.39 is 0 Å². The van der Waals surface area contributed by atoms with Gasteiger partial charge in [-0.2, -0.15) is 5.10 Å². The van der Waals surface area contributed by atoms with Gasteiger partial charge in [0.1, 0.15) is 18.5 Å². The number of amides is 1. The molecule has 25 heavy (non-hydrogen) atoms. The first-order valence-electron chi connectivity index (χ1n) is 8.10. The fourth-order valence-corrected chi connectivity index (χ4v) is 3.21. The second-order valence-corrected chi connectivity index (χ2v) is 5.95. The zero-order valence-corrected chi connectivity index (χ0v) is 13.4. The Bertz CT molecular complexity index is 879. The number of aromatic nitrogens is 4. The van der Waals surface area contributed by atoms with E-state index in [1.165, 1.54) is 29.5 Å². The first-order valence-corrected chi connectivity index (χ1v) is 8.10. The molecule has 2 aromatic heterocycles. The molecular weight excluding hydrogens is 321 g/mol. The van der Waals surface area contributed by atoms with Crippen LogP contribution in [0, 0.1) is 5.82 Å². The van der Waals surface area contributed by atoms with Crippen LogP contribution in [0.4, 0.5) is 4.39 Å². The van der Waals surface area contributed by atoms with Crippen LogP contribution in [0.1, 0.15) is 34.8 Å². The van der Waals surface area contributed by atoms with E-state index in [4.69, 9.17) is 0 Å². The summed E-state index contributed by atoms with van der Waals surface area (Å²) in [5.74, 6) is 0.211. The van der Waals surface area contributed by atoms with E-state index in [0.717, 1.165) is 18.4 Å². The van der Waals surface area contributed by atoms with E-state index in [9.17, 15) is 9.18 Å². The number of carbonyl (C=O) groups is 1. The summed E-state index contributed by atoms with van der Waals surface area (Å²) in [7, 11) is 0. The largest absolute Gasteiger partial charge is 0.332 e. The van der Waals surface area contributed by atoms with Crippen LogP contribution in [0.15, 0.2) is 55.2 Å². The molecule has 1 aromatic carbocycles. The SMILES string of the molecule is O=C(c1ccnc(-n2cncn2)c1)N1CCCC1c1ccc(F)cc1. The molecule has 6 nitrogen and oxygen atoms in total. The highest BCUT2D eigenvalue weighted by atomic mass is 19.1. The molecule has 7 heteroatoms. The van der Waals surface area contributed by atoms with Gasteiger partial charge in [0.25, 0.3) is 5.91 Å². The molecule has 0 saturated carbocycles. The van der Waals surface area contributed by atoms with Gasteiger partial charge >= 0.3 is 0 Å². The third-order valence-electron chi connectivity index (χ3n) is 4.41. The van der Waals surface area contributed by atoms with Gasteiger partial charge in [-0.15, -0.1) is 0 Å². The lowest BCUT2D eigenvalue weighted by Gasteiger charge is -2.25. The predicted molar refractivity (Wildman–Crippen MR) is 88.6 cm³/mol. The molecule has 0 N–H and O–H groups in total. The molecular formula is C18H16FN5O. The summed E-state index contributed by atoms with van der Waals surface area (Å²) in [5.41, 5.74) is 1.51. The van der Waals surface area contributed by atoms with Crippen molar-refractivity contribution in [1.29, 1.82) is 0 Å². The molecule has 3 aromatic rings. The average molecular weight is 337 g/mol. The summed E-state index contributed by atoms with van der Waals surface area (Å²) in [6.07, 6.45) is 6.34. The average Bonchev–Trinajstić information content (AvgIpc) is 3.34. The van der Waals surface area contributed by atoms with Gasteiger partial charge in [-0.25, -0.2) is 19.0 Å². The van der Waals surface area contributed by atoms with Gasteiger partial charge in [0.05, 0.1) is 6.04 Å². The fraction of sp³-hybridized carbons (Fsp3) is 0.222. The Morgan fingerprint density at radius 2 is 2.04 bits per heavy atom. The van der Waals surface area contributed by atoms with Crippen LogP contribution in [0.5, 0.6) is 0 Å². The Labute approximate surface area is 143 Å². The number of likely N-dealkylation sites (tertiary alicyclic amines) is 1. The van der Waals surface area contributed by atoms with Gasteiger partial charge in [-0.1, -0.05) is 12.1 Å². The highest BCUT2D eigenvalue weighted by Gasteiger charge is 2.30. The van der Waals surface area contributed by atoms with E-state index in [0.29, 0.717) is 17.9 Å². The zero-order chi connectivity index (χ0) is 17.2. The maximum Gasteiger partial charge on any atom is 0.254 e. The van der Waals surface area contributed by atoms with Gasteiger partial charge in [0, 0.05) is 18.3 Å². The van der Waals surface area contributed by atoms with Crippen LogP contribution in [0.3, 0.4) is 0 Å². The second kappa shape index (κ2) is 6.43. The van der Waals surface area contributed by atoms with Crippen LogP contribution in [0.2, 0.25) is 0 Å². The third-order valence-corrected chi connectivity index (χ3v) is 4.41. The highest BCUT2D eigenvalue weighted by Crippen LogP contribution is 2.33. The minimum atomic E-state index is -0.272. The molecule has 1 fully saturated rings. The van der Waals surface area contributed by atoms with E-state index in [-0.39, 0.29) is 17.8 Å². The van der Waals surface area contributed by atoms with Crippen molar-refractivity contribution in [3.63, 3.8) is 0 Å². The Hall–Kier alpha value is -3.09.